The Morgan fingerprint density at radius 1 is 1.64 bits per heavy atom. The van der Waals surface area contributed by atoms with E-state index in [0.717, 1.165) is 4.57 Å². The van der Waals surface area contributed by atoms with E-state index >= 15 is 0 Å². The minimum atomic E-state index is -1.13. The molecular weight excluding hydrogens is 186 g/mol. The zero-order valence-electron chi connectivity index (χ0n) is 7.30. The van der Waals surface area contributed by atoms with E-state index < -0.39 is 6.09 Å². The number of fused-ring (bicyclic) bond motifs is 1. The molecule has 0 fully saturated rings. The van der Waals surface area contributed by atoms with Crippen molar-refractivity contribution in [1.29, 1.82) is 0 Å². The van der Waals surface area contributed by atoms with Crippen LogP contribution < -0.4 is 5.32 Å². The van der Waals surface area contributed by atoms with Gasteiger partial charge in [0.2, 0.25) is 5.95 Å². The fraction of sp³-hybridized carbons (Fsp3) is 0.143. The van der Waals surface area contributed by atoms with E-state index in [1.165, 1.54) is 12.5 Å². The maximum Gasteiger partial charge on any atom is 0.420 e. The number of aromatic nitrogens is 4. The van der Waals surface area contributed by atoms with Crippen LogP contribution in [0.3, 0.4) is 0 Å². The van der Waals surface area contributed by atoms with E-state index in [1.54, 1.807) is 7.05 Å². The summed E-state index contributed by atoms with van der Waals surface area (Å²) >= 11 is 0. The molecule has 0 spiro atoms. The van der Waals surface area contributed by atoms with Crippen molar-refractivity contribution in [2.75, 3.05) is 12.4 Å². The first-order valence-electron chi connectivity index (χ1n) is 3.83. The second-order valence-electron chi connectivity index (χ2n) is 2.53. The van der Waals surface area contributed by atoms with Crippen LogP contribution in [-0.4, -0.2) is 37.8 Å². The first-order valence-corrected chi connectivity index (χ1v) is 3.83. The highest BCUT2D eigenvalue weighted by atomic mass is 16.4. The van der Waals surface area contributed by atoms with Crippen molar-refractivity contribution in [3.8, 4) is 0 Å². The molecule has 2 rings (SSSR count). The van der Waals surface area contributed by atoms with Crippen molar-refractivity contribution in [3.05, 3.63) is 12.5 Å². The van der Waals surface area contributed by atoms with E-state index in [-0.39, 0.29) is 11.6 Å². The number of hydrogen-bond acceptors (Lipinski definition) is 5. The smallest absolute Gasteiger partial charge is 0.420 e. The molecule has 0 aromatic carbocycles. The summed E-state index contributed by atoms with van der Waals surface area (Å²) in [5, 5.41) is 11.6. The molecule has 2 heterocycles. The number of rotatable bonds is 1. The molecule has 0 aliphatic rings. The van der Waals surface area contributed by atoms with Crippen LogP contribution in [0.1, 0.15) is 0 Å². The highest BCUT2D eigenvalue weighted by Gasteiger charge is 2.15. The number of nitrogens with one attached hydrogen (secondary N) is 1. The van der Waals surface area contributed by atoms with Gasteiger partial charge in [-0.2, -0.15) is 4.57 Å². The average molecular weight is 193 g/mol. The fourth-order valence-electron chi connectivity index (χ4n) is 1.18. The van der Waals surface area contributed by atoms with Gasteiger partial charge in [0.1, 0.15) is 11.8 Å². The third-order valence-electron chi connectivity index (χ3n) is 1.74. The van der Waals surface area contributed by atoms with Gasteiger partial charge in [0.15, 0.2) is 5.65 Å². The first-order chi connectivity index (χ1) is 6.74. The van der Waals surface area contributed by atoms with Gasteiger partial charge in [-0.25, -0.2) is 19.7 Å². The van der Waals surface area contributed by atoms with Crippen LogP contribution in [0.5, 0.6) is 0 Å². The van der Waals surface area contributed by atoms with Gasteiger partial charge in [0.05, 0.1) is 6.20 Å². The zero-order chi connectivity index (χ0) is 10.1. The Labute approximate surface area is 78.4 Å². The number of nitrogens with zero attached hydrogens (tertiary/aromatic N) is 4. The fourth-order valence-corrected chi connectivity index (χ4v) is 1.18. The standard InChI is InChI=1S/C7H7N5O2/c1-8-6-11-4-2-9-3-10-5(4)12(6)7(13)14/h2-3H,1H3,(H,8,11)(H,13,14). The summed E-state index contributed by atoms with van der Waals surface area (Å²) in [7, 11) is 1.59. The van der Waals surface area contributed by atoms with Crippen molar-refractivity contribution in [2.24, 2.45) is 0 Å². The highest BCUT2D eigenvalue weighted by molar-refractivity contribution is 5.86. The molecule has 2 aromatic rings. The number of hydrogen-bond donors (Lipinski definition) is 2. The average Bonchev–Trinajstić information content (AvgIpc) is 2.55. The minimum absolute atomic E-state index is 0.230. The summed E-state index contributed by atoms with van der Waals surface area (Å²) in [6.07, 6.45) is 1.61. The van der Waals surface area contributed by atoms with E-state index in [0.29, 0.717) is 5.52 Å². The molecule has 0 aliphatic carbocycles. The number of carboxylic acid groups (broad SMARTS) is 1. The molecule has 0 radical (unpaired) electrons. The van der Waals surface area contributed by atoms with Crippen LogP contribution in [0.15, 0.2) is 12.5 Å². The molecule has 0 saturated carbocycles. The van der Waals surface area contributed by atoms with Gasteiger partial charge in [0.25, 0.3) is 0 Å². The molecule has 0 bridgehead atoms. The van der Waals surface area contributed by atoms with Gasteiger partial charge in [-0.1, -0.05) is 0 Å². The van der Waals surface area contributed by atoms with Gasteiger partial charge in [-0.05, 0) is 0 Å². The van der Waals surface area contributed by atoms with Gasteiger partial charge < -0.3 is 10.4 Å². The molecule has 2 N–H and O–H groups in total. The maximum atomic E-state index is 10.9. The number of carbonyl (C=O) groups is 1. The Morgan fingerprint density at radius 3 is 3.07 bits per heavy atom. The molecule has 2 aromatic heterocycles. The van der Waals surface area contributed by atoms with Gasteiger partial charge in [0, 0.05) is 7.05 Å². The van der Waals surface area contributed by atoms with E-state index in [4.69, 9.17) is 5.11 Å². The summed E-state index contributed by atoms with van der Waals surface area (Å²) in [6.45, 7) is 0. The van der Waals surface area contributed by atoms with Crippen LogP contribution >= 0.6 is 0 Å². The SMILES string of the molecule is CNc1nc2cncnc2n1C(=O)O. The molecule has 0 atom stereocenters. The van der Waals surface area contributed by atoms with Crippen molar-refractivity contribution < 1.29 is 9.90 Å². The number of anilines is 1. The first kappa shape index (κ1) is 8.42. The van der Waals surface area contributed by atoms with Gasteiger partial charge in [-0.15, -0.1) is 0 Å². The van der Waals surface area contributed by atoms with E-state index in [9.17, 15) is 4.79 Å². The predicted molar refractivity (Wildman–Crippen MR) is 48.3 cm³/mol. The Balaban J connectivity index is 2.81. The van der Waals surface area contributed by atoms with E-state index in [2.05, 4.69) is 20.3 Å². The molecule has 0 aliphatic heterocycles. The zero-order valence-corrected chi connectivity index (χ0v) is 7.30. The monoisotopic (exact) mass is 193 g/mol. The maximum absolute atomic E-state index is 10.9. The lowest BCUT2D eigenvalue weighted by molar-refractivity contribution is 0.197. The lowest BCUT2D eigenvalue weighted by Crippen LogP contribution is -2.11. The lowest BCUT2D eigenvalue weighted by atomic mass is 10.6. The van der Waals surface area contributed by atoms with Crippen molar-refractivity contribution >= 4 is 23.2 Å². The van der Waals surface area contributed by atoms with Crippen LogP contribution in [0.4, 0.5) is 10.7 Å². The highest BCUT2D eigenvalue weighted by Crippen LogP contribution is 2.15. The quantitative estimate of drug-likeness (QED) is 0.680. The predicted octanol–water partition coefficient (Wildman–Crippen LogP) is 0.394. The van der Waals surface area contributed by atoms with Crippen LogP contribution in [0, 0.1) is 0 Å². The molecule has 0 saturated heterocycles. The third-order valence-corrected chi connectivity index (χ3v) is 1.74. The molecule has 7 nitrogen and oxygen atoms in total. The summed E-state index contributed by atoms with van der Waals surface area (Å²) in [4.78, 5) is 22.5. The van der Waals surface area contributed by atoms with Gasteiger partial charge >= 0.3 is 6.09 Å². The Kier molecular flexibility index (Phi) is 1.77. The molecule has 14 heavy (non-hydrogen) atoms. The second-order valence-corrected chi connectivity index (χ2v) is 2.53. The van der Waals surface area contributed by atoms with Crippen LogP contribution in [0.25, 0.3) is 11.2 Å². The Bertz CT molecular complexity index is 492. The van der Waals surface area contributed by atoms with Gasteiger partial charge in [-0.3, -0.25) is 0 Å². The lowest BCUT2D eigenvalue weighted by Gasteiger charge is -1.99. The summed E-state index contributed by atoms with van der Waals surface area (Å²) in [5.74, 6) is 0.230. The molecule has 72 valence electrons. The molecule has 7 heteroatoms. The Morgan fingerprint density at radius 2 is 2.43 bits per heavy atom. The van der Waals surface area contributed by atoms with Crippen LogP contribution in [-0.2, 0) is 0 Å². The normalized spacial score (nSPS) is 10.4. The summed E-state index contributed by atoms with van der Waals surface area (Å²) in [6, 6.07) is 0. The molecular formula is C7H7N5O2. The largest absolute Gasteiger partial charge is 0.464 e. The molecule has 0 amide bonds. The second kappa shape index (κ2) is 2.95. The Hall–Kier alpha value is -2.18. The topological polar surface area (TPSA) is 92.9 Å². The third kappa shape index (κ3) is 1.06. The van der Waals surface area contributed by atoms with Crippen molar-refractivity contribution in [1.82, 2.24) is 19.5 Å². The van der Waals surface area contributed by atoms with Crippen LogP contribution in [0.2, 0.25) is 0 Å². The number of imidazole rings is 1. The van der Waals surface area contributed by atoms with E-state index in [1.807, 2.05) is 0 Å². The molecule has 0 unspecified atom stereocenters. The summed E-state index contributed by atoms with van der Waals surface area (Å²) < 4.78 is 0.969. The van der Waals surface area contributed by atoms with Crippen molar-refractivity contribution in [3.63, 3.8) is 0 Å². The van der Waals surface area contributed by atoms with Crippen molar-refractivity contribution in [2.45, 2.75) is 0 Å². The summed E-state index contributed by atoms with van der Waals surface area (Å²) in [5.41, 5.74) is 0.719. The minimum Gasteiger partial charge on any atom is -0.464 e.